The minimum atomic E-state index is -0.347. The highest BCUT2D eigenvalue weighted by Crippen LogP contribution is 2.42. The number of carbonyl (C=O) groups is 2. The van der Waals surface area contributed by atoms with Gasteiger partial charge in [-0.15, -0.1) is 0 Å². The van der Waals surface area contributed by atoms with Crippen LogP contribution in [0.25, 0.3) is 10.9 Å². The van der Waals surface area contributed by atoms with Crippen LogP contribution in [0.15, 0.2) is 41.6 Å². The number of benzene rings is 1. The Kier molecular flexibility index (Phi) is 3.23. The van der Waals surface area contributed by atoms with Gasteiger partial charge in [-0.3, -0.25) is 14.6 Å². The maximum atomic E-state index is 12.8. The molecule has 0 N–H and O–H groups in total. The van der Waals surface area contributed by atoms with Gasteiger partial charge in [0.05, 0.1) is 23.0 Å². The molecule has 0 bridgehead atoms. The van der Waals surface area contributed by atoms with Crippen molar-refractivity contribution in [2.75, 3.05) is 4.90 Å². The highest BCUT2D eigenvalue weighted by atomic mass is 35.5. The smallest absolute Gasteiger partial charge is 0.238 e. The van der Waals surface area contributed by atoms with Crippen molar-refractivity contribution in [3.8, 4) is 0 Å². The van der Waals surface area contributed by atoms with Gasteiger partial charge in [0.2, 0.25) is 11.8 Å². The van der Waals surface area contributed by atoms with Crippen molar-refractivity contribution < 1.29 is 9.59 Å². The summed E-state index contributed by atoms with van der Waals surface area (Å²) >= 11 is 6.07. The fourth-order valence-corrected chi connectivity index (χ4v) is 3.80. The fourth-order valence-electron chi connectivity index (χ4n) is 3.54. The van der Waals surface area contributed by atoms with Crippen LogP contribution in [0.1, 0.15) is 18.4 Å². The Morgan fingerprint density at radius 2 is 1.96 bits per heavy atom. The van der Waals surface area contributed by atoms with Crippen LogP contribution < -0.4 is 4.90 Å². The lowest BCUT2D eigenvalue weighted by Crippen LogP contribution is -2.31. The summed E-state index contributed by atoms with van der Waals surface area (Å²) < 4.78 is 0. The highest BCUT2D eigenvalue weighted by Gasteiger charge is 2.49. The summed E-state index contributed by atoms with van der Waals surface area (Å²) in [6, 6.07) is 7.53. The summed E-state index contributed by atoms with van der Waals surface area (Å²) in [6.45, 7) is 1.99. The first-order valence-corrected chi connectivity index (χ1v) is 8.02. The number of imide groups is 1. The maximum Gasteiger partial charge on any atom is 0.238 e. The highest BCUT2D eigenvalue weighted by molar-refractivity contribution is 6.31. The van der Waals surface area contributed by atoms with Gasteiger partial charge < -0.3 is 0 Å². The predicted octanol–water partition coefficient (Wildman–Crippen LogP) is 3.57. The van der Waals surface area contributed by atoms with Gasteiger partial charge in [0.15, 0.2) is 0 Å². The zero-order valence-electron chi connectivity index (χ0n) is 12.6. The van der Waals surface area contributed by atoms with Gasteiger partial charge in [-0.2, -0.15) is 0 Å². The molecule has 1 aliphatic heterocycles. The van der Waals surface area contributed by atoms with E-state index >= 15 is 0 Å². The van der Waals surface area contributed by atoms with Crippen LogP contribution in [0.3, 0.4) is 0 Å². The Morgan fingerprint density at radius 3 is 2.78 bits per heavy atom. The van der Waals surface area contributed by atoms with E-state index in [1.54, 1.807) is 12.3 Å². The van der Waals surface area contributed by atoms with E-state index in [0.717, 1.165) is 10.9 Å². The molecule has 23 heavy (non-hydrogen) atoms. The number of para-hydroxylation sites is 1. The number of nitrogens with zero attached hydrogens (tertiary/aromatic N) is 2. The topological polar surface area (TPSA) is 50.3 Å². The molecule has 1 aliphatic carbocycles. The van der Waals surface area contributed by atoms with Crippen LogP contribution in [0.5, 0.6) is 0 Å². The molecule has 0 spiro atoms. The molecule has 2 heterocycles. The average molecular weight is 327 g/mol. The van der Waals surface area contributed by atoms with E-state index in [2.05, 4.69) is 4.98 Å². The van der Waals surface area contributed by atoms with E-state index < -0.39 is 0 Å². The molecular weight excluding hydrogens is 312 g/mol. The first kappa shape index (κ1) is 14.4. The third-order valence-corrected chi connectivity index (χ3v) is 5.09. The van der Waals surface area contributed by atoms with Crippen LogP contribution in [0, 0.1) is 18.8 Å². The van der Waals surface area contributed by atoms with E-state index in [1.807, 2.05) is 31.2 Å². The van der Waals surface area contributed by atoms with Crippen molar-refractivity contribution in [1.29, 1.82) is 0 Å². The number of amides is 2. The van der Waals surface area contributed by atoms with E-state index in [-0.39, 0.29) is 23.7 Å². The second-order valence-electron chi connectivity index (χ2n) is 6.12. The van der Waals surface area contributed by atoms with Gasteiger partial charge in [-0.1, -0.05) is 29.8 Å². The predicted molar refractivity (Wildman–Crippen MR) is 89.1 cm³/mol. The number of aryl methyl sites for hydroxylation is 1. The van der Waals surface area contributed by atoms with Crippen LogP contribution in [-0.4, -0.2) is 16.8 Å². The number of fused-ring (bicyclic) bond motifs is 2. The van der Waals surface area contributed by atoms with Gasteiger partial charge in [-0.05, 0) is 37.5 Å². The van der Waals surface area contributed by atoms with Crippen molar-refractivity contribution in [3.05, 3.63) is 47.1 Å². The molecule has 2 aliphatic rings. The number of rotatable bonds is 1. The molecule has 0 saturated carbocycles. The minimum Gasteiger partial charge on any atom is -0.274 e. The largest absolute Gasteiger partial charge is 0.274 e. The number of aromatic nitrogens is 1. The lowest BCUT2D eigenvalue weighted by Gasteiger charge is -2.17. The molecule has 2 amide bonds. The van der Waals surface area contributed by atoms with Gasteiger partial charge in [0.1, 0.15) is 0 Å². The Balaban J connectivity index is 1.85. The van der Waals surface area contributed by atoms with E-state index in [4.69, 9.17) is 11.6 Å². The lowest BCUT2D eigenvalue weighted by molar-refractivity contribution is -0.122. The van der Waals surface area contributed by atoms with Gasteiger partial charge in [0.25, 0.3) is 0 Å². The number of allylic oxidation sites excluding steroid dienone is 2. The second kappa shape index (κ2) is 5.17. The minimum absolute atomic E-state index is 0.142. The lowest BCUT2D eigenvalue weighted by atomic mass is 9.85. The van der Waals surface area contributed by atoms with Crippen molar-refractivity contribution in [2.45, 2.75) is 19.8 Å². The van der Waals surface area contributed by atoms with Crippen molar-refractivity contribution in [3.63, 3.8) is 0 Å². The quantitative estimate of drug-likeness (QED) is 0.753. The van der Waals surface area contributed by atoms with Crippen molar-refractivity contribution in [2.24, 2.45) is 11.8 Å². The molecule has 5 heteroatoms. The Hall–Kier alpha value is -2.20. The van der Waals surface area contributed by atoms with Crippen molar-refractivity contribution >= 4 is 40.0 Å². The summed E-state index contributed by atoms with van der Waals surface area (Å²) in [5, 5.41) is 1.62. The number of anilines is 1. The SMILES string of the molecule is Cc1ccnc2c(N3C(=O)[C@@H]4CC=C(Cl)C[C@H]4C3=O)cccc12. The summed E-state index contributed by atoms with van der Waals surface area (Å²) in [7, 11) is 0. The number of halogens is 1. The first-order valence-electron chi connectivity index (χ1n) is 7.64. The zero-order chi connectivity index (χ0) is 16.1. The Labute approximate surface area is 138 Å². The number of pyridine rings is 1. The third-order valence-electron chi connectivity index (χ3n) is 4.78. The van der Waals surface area contributed by atoms with Crippen LogP contribution in [0.2, 0.25) is 0 Å². The molecule has 1 fully saturated rings. The molecule has 1 saturated heterocycles. The normalized spacial score (nSPS) is 24.1. The third kappa shape index (κ3) is 2.09. The monoisotopic (exact) mass is 326 g/mol. The standard InChI is InChI=1S/C18H15ClN2O2/c1-10-7-8-20-16-12(10)3-2-4-15(16)21-17(22)13-6-5-11(19)9-14(13)18(21)23/h2-5,7-8,13-14H,6,9H2,1H3/t13-,14-/m1/s1. The van der Waals surface area contributed by atoms with Crippen molar-refractivity contribution in [1.82, 2.24) is 4.98 Å². The van der Waals surface area contributed by atoms with Crippen LogP contribution >= 0.6 is 11.6 Å². The molecule has 2 aromatic rings. The summed E-state index contributed by atoms with van der Waals surface area (Å²) in [6.07, 6.45) is 4.53. The fraction of sp³-hybridized carbons (Fsp3) is 0.278. The molecule has 4 rings (SSSR count). The summed E-state index contributed by atoms with van der Waals surface area (Å²) in [4.78, 5) is 31.3. The Morgan fingerprint density at radius 1 is 1.17 bits per heavy atom. The van der Waals surface area contributed by atoms with Crippen LogP contribution in [0.4, 0.5) is 5.69 Å². The average Bonchev–Trinajstić information content (AvgIpc) is 2.78. The number of carbonyl (C=O) groups excluding carboxylic acids is 2. The van der Waals surface area contributed by atoms with Gasteiger partial charge in [0, 0.05) is 16.6 Å². The maximum absolute atomic E-state index is 12.8. The second-order valence-corrected chi connectivity index (χ2v) is 6.60. The molecular formula is C18H15ClN2O2. The number of hydrogen-bond acceptors (Lipinski definition) is 3. The molecule has 4 nitrogen and oxygen atoms in total. The molecule has 2 atom stereocenters. The molecule has 0 unspecified atom stereocenters. The summed E-state index contributed by atoms with van der Waals surface area (Å²) in [5.41, 5.74) is 2.33. The van der Waals surface area contributed by atoms with Crippen LogP contribution in [-0.2, 0) is 9.59 Å². The van der Waals surface area contributed by atoms with Gasteiger partial charge >= 0.3 is 0 Å². The molecule has 1 aromatic heterocycles. The molecule has 1 aromatic carbocycles. The van der Waals surface area contributed by atoms with E-state index in [0.29, 0.717) is 29.1 Å². The molecule has 116 valence electrons. The van der Waals surface area contributed by atoms with E-state index in [1.165, 1.54) is 4.90 Å². The summed E-state index contributed by atoms with van der Waals surface area (Å²) in [5.74, 6) is -0.955. The Bertz CT molecular complexity index is 874. The molecule has 0 radical (unpaired) electrons. The first-order chi connectivity index (χ1) is 11.1. The van der Waals surface area contributed by atoms with Gasteiger partial charge in [-0.25, -0.2) is 4.90 Å². The zero-order valence-corrected chi connectivity index (χ0v) is 13.4. The van der Waals surface area contributed by atoms with E-state index in [9.17, 15) is 9.59 Å². The number of hydrogen-bond donors (Lipinski definition) is 0.